The minimum absolute atomic E-state index is 0.162. The summed E-state index contributed by atoms with van der Waals surface area (Å²) in [4.78, 5) is 11.6. The fraction of sp³-hybridized carbons (Fsp3) is 0.800. The van der Waals surface area contributed by atoms with E-state index in [1.54, 1.807) is 0 Å². The molecule has 0 bridgehead atoms. The lowest BCUT2D eigenvalue weighted by Crippen LogP contribution is -2.37. The van der Waals surface area contributed by atoms with Crippen LogP contribution in [0.3, 0.4) is 0 Å². The van der Waals surface area contributed by atoms with Crippen LogP contribution in [-0.2, 0) is 20.2 Å². The minimum Gasteiger partial charge on any atom is -0.756 e. The van der Waals surface area contributed by atoms with Crippen molar-refractivity contribution in [2.75, 3.05) is 40.9 Å². The number of quaternary nitrogens is 1. The van der Waals surface area contributed by atoms with Crippen molar-refractivity contribution >= 4 is 7.82 Å². The highest BCUT2D eigenvalue weighted by molar-refractivity contribution is 7.45. The van der Waals surface area contributed by atoms with E-state index in [1.165, 1.54) is 38.5 Å². The molecule has 0 aliphatic heterocycles. The van der Waals surface area contributed by atoms with Gasteiger partial charge < -0.3 is 23.0 Å². The monoisotopic (exact) mass is 402 g/mol. The summed E-state index contributed by atoms with van der Waals surface area (Å²) in [7, 11) is 1.83. The van der Waals surface area contributed by atoms with Gasteiger partial charge in [0, 0.05) is 18.9 Å². The molecule has 1 unspecified atom stereocenters. The van der Waals surface area contributed by atoms with E-state index in [9.17, 15) is 9.46 Å². The van der Waals surface area contributed by atoms with E-state index in [0.29, 0.717) is 11.0 Å². The average molecular weight is 403 g/mol. The van der Waals surface area contributed by atoms with Crippen molar-refractivity contribution in [3.63, 3.8) is 0 Å². The fourth-order valence-electron chi connectivity index (χ4n) is 2.79. The maximum atomic E-state index is 11.6. The Bertz CT molecular complexity index is 515. The van der Waals surface area contributed by atoms with E-state index in [0.717, 1.165) is 25.8 Å². The molecule has 0 aliphatic carbocycles. The molecule has 1 aromatic rings. The Balaban J connectivity index is 1.84. The second-order valence-corrected chi connectivity index (χ2v) is 9.64. The van der Waals surface area contributed by atoms with Gasteiger partial charge >= 0.3 is 0 Å². The Kier molecular flexibility index (Phi) is 12.2. The highest BCUT2D eigenvalue weighted by Crippen LogP contribution is 2.38. The van der Waals surface area contributed by atoms with Gasteiger partial charge in [0.05, 0.1) is 27.7 Å². The van der Waals surface area contributed by atoms with Crippen molar-refractivity contribution in [1.82, 2.24) is 4.57 Å². The van der Waals surface area contributed by atoms with Crippen LogP contribution in [0.25, 0.3) is 0 Å². The number of aryl methyl sites for hydroxylation is 1. The number of hydrogen-bond acceptors (Lipinski definition) is 4. The summed E-state index contributed by atoms with van der Waals surface area (Å²) in [5.74, 6) is 0. The van der Waals surface area contributed by atoms with Gasteiger partial charge in [0.2, 0.25) is 0 Å². The van der Waals surface area contributed by atoms with Gasteiger partial charge in [-0.2, -0.15) is 0 Å². The van der Waals surface area contributed by atoms with Gasteiger partial charge in [-0.3, -0.25) is 4.57 Å². The summed E-state index contributed by atoms with van der Waals surface area (Å²) in [6, 6.07) is 4.14. The first kappa shape index (κ1) is 24.4. The predicted octanol–water partition coefficient (Wildman–Crippen LogP) is 4.21. The molecule has 0 aromatic carbocycles. The Morgan fingerprint density at radius 3 is 1.85 bits per heavy atom. The quantitative estimate of drug-likeness (QED) is 0.222. The number of aromatic nitrogens is 1. The first-order valence-corrected chi connectivity index (χ1v) is 11.8. The zero-order valence-corrected chi connectivity index (χ0v) is 18.4. The summed E-state index contributed by atoms with van der Waals surface area (Å²) < 4.78 is 24.3. The number of unbranched alkanes of at least 4 members (excludes halogenated alkanes) is 8. The summed E-state index contributed by atoms with van der Waals surface area (Å²) in [6.45, 7) is 2.14. The van der Waals surface area contributed by atoms with Crippen LogP contribution in [0.5, 0.6) is 0 Å². The van der Waals surface area contributed by atoms with Crippen LogP contribution in [0.4, 0.5) is 0 Å². The highest BCUT2D eigenvalue weighted by atomic mass is 31.2. The van der Waals surface area contributed by atoms with Crippen molar-refractivity contribution in [2.45, 2.75) is 64.3 Å². The van der Waals surface area contributed by atoms with E-state index in [4.69, 9.17) is 9.05 Å². The molecule has 1 aromatic heterocycles. The molecule has 0 fully saturated rings. The van der Waals surface area contributed by atoms with Crippen molar-refractivity contribution < 1.29 is 23.0 Å². The number of hydrogen-bond donors (Lipinski definition) is 0. The lowest BCUT2D eigenvalue weighted by atomic mass is 10.1. The SMILES string of the molecule is C[N+](C)(C)CCOP(=O)([O-])OCCCCCCCCCCCn1cccc1. The first-order chi connectivity index (χ1) is 12.8. The lowest BCUT2D eigenvalue weighted by molar-refractivity contribution is -0.870. The Morgan fingerprint density at radius 2 is 1.30 bits per heavy atom. The zero-order chi connectivity index (χ0) is 20.0. The molecule has 0 amide bonds. The molecule has 1 atom stereocenters. The number of nitrogens with zero attached hydrogens (tertiary/aromatic N) is 2. The molecule has 0 spiro atoms. The van der Waals surface area contributed by atoms with Crippen molar-refractivity contribution in [3.05, 3.63) is 24.5 Å². The van der Waals surface area contributed by atoms with Crippen LogP contribution in [0.2, 0.25) is 0 Å². The van der Waals surface area contributed by atoms with E-state index in [1.807, 2.05) is 21.1 Å². The van der Waals surface area contributed by atoms with Crippen LogP contribution in [0, 0.1) is 0 Å². The zero-order valence-electron chi connectivity index (χ0n) is 17.5. The van der Waals surface area contributed by atoms with Crippen molar-refractivity contribution in [2.24, 2.45) is 0 Å². The summed E-state index contributed by atoms with van der Waals surface area (Å²) >= 11 is 0. The van der Waals surface area contributed by atoms with Gasteiger partial charge in [0.25, 0.3) is 7.82 Å². The third kappa shape index (κ3) is 15.0. The molecule has 0 radical (unpaired) electrons. The van der Waals surface area contributed by atoms with Gasteiger partial charge in [-0.25, -0.2) is 0 Å². The maximum absolute atomic E-state index is 11.6. The summed E-state index contributed by atoms with van der Waals surface area (Å²) in [5, 5.41) is 0. The van der Waals surface area contributed by atoms with E-state index in [-0.39, 0.29) is 13.2 Å². The number of phosphoric ester groups is 1. The predicted molar refractivity (Wildman–Crippen MR) is 108 cm³/mol. The standard InChI is InChI=1S/C20H39N2O4P/c1-22(2,3)18-20-26-27(23,24)25-19-14-10-8-6-4-5-7-9-11-15-21-16-12-13-17-21/h12-13,16-17H,4-11,14-15,18-20H2,1-3H3. The molecule has 158 valence electrons. The normalized spacial score (nSPS) is 14.4. The molecular weight excluding hydrogens is 363 g/mol. The molecule has 0 N–H and O–H groups in total. The molecule has 7 heteroatoms. The van der Waals surface area contributed by atoms with Crippen LogP contribution in [0.15, 0.2) is 24.5 Å². The highest BCUT2D eigenvalue weighted by Gasteiger charge is 2.12. The summed E-state index contributed by atoms with van der Waals surface area (Å²) in [5.41, 5.74) is 0. The van der Waals surface area contributed by atoms with Gasteiger partial charge in [-0.05, 0) is 25.0 Å². The maximum Gasteiger partial charge on any atom is 0.268 e. The largest absolute Gasteiger partial charge is 0.756 e. The van der Waals surface area contributed by atoms with Gasteiger partial charge in [-0.15, -0.1) is 0 Å². The second-order valence-electron chi connectivity index (χ2n) is 8.23. The molecule has 0 saturated carbocycles. The Morgan fingerprint density at radius 1 is 0.815 bits per heavy atom. The first-order valence-electron chi connectivity index (χ1n) is 10.3. The average Bonchev–Trinajstić information content (AvgIpc) is 3.07. The van der Waals surface area contributed by atoms with Gasteiger partial charge in [-0.1, -0.05) is 44.9 Å². The summed E-state index contributed by atoms with van der Waals surface area (Å²) in [6.07, 6.45) is 14.8. The van der Waals surface area contributed by atoms with E-state index in [2.05, 4.69) is 29.1 Å². The molecule has 1 rings (SSSR count). The van der Waals surface area contributed by atoms with Gasteiger partial charge in [0.1, 0.15) is 13.2 Å². The van der Waals surface area contributed by atoms with E-state index < -0.39 is 7.82 Å². The van der Waals surface area contributed by atoms with Crippen molar-refractivity contribution in [3.8, 4) is 0 Å². The smallest absolute Gasteiger partial charge is 0.268 e. The van der Waals surface area contributed by atoms with E-state index >= 15 is 0 Å². The number of likely N-dealkylation sites (N-methyl/N-ethyl adjacent to an activating group) is 1. The number of rotatable bonds is 17. The molecular formula is C20H39N2O4P. The second kappa shape index (κ2) is 13.5. The third-order valence-corrected chi connectivity index (χ3v) is 5.49. The van der Waals surface area contributed by atoms with Crippen LogP contribution >= 0.6 is 7.82 Å². The minimum atomic E-state index is -4.14. The van der Waals surface area contributed by atoms with Crippen LogP contribution < -0.4 is 4.89 Å². The topological polar surface area (TPSA) is 63.5 Å². The third-order valence-electron chi connectivity index (χ3n) is 4.49. The molecule has 0 aliphatic rings. The fourth-order valence-corrected chi connectivity index (χ4v) is 3.53. The van der Waals surface area contributed by atoms with Gasteiger partial charge in [0.15, 0.2) is 0 Å². The molecule has 27 heavy (non-hydrogen) atoms. The van der Waals surface area contributed by atoms with Crippen LogP contribution in [-0.4, -0.2) is 50.0 Å². The molecule has 6 nitrogen and oxygen atoms in total. The molecule has 1 heterocycles. The van der Waals surface area contributed by atoms with Crippen molar-refractivity contribution in [1.29, 1.82) is 0 Å². The lowest BCUT2D eigenvalue weighted by Gasteiger charge is -2.27. The Labute approximate surface area is 165 Å². The Hall–Kier alpha value is -0.650. The number of phosphoric acid groups is 1. The van der Waals surface area contributed by atoms with Crippen LogP contribution in [0.1, 0.15) is 57.8 Å². The molecule has 0 saturated heterocycles.